The van der Waals surface area contributed by atoms with Crippen molar-refractivity contribution in [3.05, 3.63) is 146 Å². The first-order valence-electron chi connectivity index (χ1n) is 39.1. The third-order valence-corrected chi connectivity index (χ3v) is 17.7. The Kier molecular flexibility index (Phi) is 70.5. The lowest BCUT2D eigenvalue weighted by Crippen LogP contribution is -2.30. The quantitative estimate of drug-likeness (QED) is 0.0169. The fraction of sp³-hybridized carbons (Fsp3) is 0.663. The molecule has 0 saturated heterocycles. The van der Waals surface area contributed by atoms with E-state index >= 15 is 0 Å². The normalized spacial score (nSPS) is 14.7. The number of hydrogen-bond acceptors (Lipinski definition) is 15. The molecule has 0 spiro atoms. The molecule has 0 aliphatic rings. The molecule has 102 heavy (non-hydrogen) atoms. The molecule has 0 aromatic rings. The van der Waals surface area contributed by atoms with Crippen molar-refractivity contribution in [1.29, 1.82) is 0 Å². The predicted octanol–water partition coefficient (Wildman–Crippen LogP) is 22.7. The van der Waals surface area contributed by atoms with Gasteiger partial charge in [-0.25, -0.2) is 9.13 Å². The largest absolute Gasteiger partial charge is 0.472 e. The van der Waals surface area contributed by atoms with E-state index < -0.39 is 97.5 Å². The Hall–Kier alpha value is -5.06. The first-order chi connectivity index (χ1) is 49.7. The molecule has 0 heterocycles. The van der Waals surface area contributed by atoms with Gasteiger partial charge >= 0.3 is 39.5 Å². The fourth-order valence-electron chi connectivity index (χ4n) is 9.96. The number of hydrogen-bond donors (Lipinski definition) is 3. The van der Waals surface area contributed by atoms with Gasteiger partial charge in [-0.05, 0) is 116 Å². The number of unbranched alkanes of at least 4 members (excludes halogenated alkanes) is 23. The monoisotopic (exact) mass is 1470 g/mol. The van der Waals surface area contributed by atoms with E-state index in [1.165, 1.54) is 89.9 Å². The number of carbonyl (C=O) groups is 4. The molecule has 582 valence electrons. The van der Waals surface area contributed by atoms with Gasteiger partial charge in [0.1, 0.15) is 19.3 Å². The summed E-state index contributed by atoms with van der Waals surface area (Å²) in [6.45, 7) is 4.42. The third-order valence-electron chi connectivity index (χ3n) is 15.8. The van der Waals surface area contributed by atoms with E-state index in [-0.39, 0.29) is 25.7 Å². The van der Waals surface area contributed by atoms with E-state index in [9.17, 15) is 43.2 Å². The maximum atomic E-state index is 13.1. The second kappa shape index (κ2) is 74.2. The molecule has 17 nitrogen and oxygen atoms in total. The third kappa shape index (κ3) is 73.3. The fourth-order valence-corrected chi connectivity index (χ4v) is 11.5. The molecule has 5 unspecified atom stereocenters. The van der Waals surface area contributed by atoms with Crippen molar-refractivity contribution in [1.82, 2.24) is 0 Å². The number of aliphatic hydroxyl groups excluding tert-OH is 1. The first kappa shape index (κ1) is 96.9. The molecule has 0 radical (unpaired) electrons. The van der Waals surface area contributed by atoms with Crippen LogP contribution in [-0.4, -0.2) is 96.7 Å². The van der Waals surface area contributed by atoms with Crippen LogP contribution < -0.4 is 0 Å². The minimum absolute atomic E-state index is 0.0296. The summed E-state index contributed by atoms with van der Waals surface area (Å²) >= 11 is 0. The number of esters is 4. The molecule has 0 aromatic carbocycles. The Balaban J connectivity index is 5.47. The van der Waals surface area contributed by atoms with Crippen LogP contribution in [0.2, 0.25) is 0 Å². The number of aliphatic hydroxyl groups is 1. The lowest BCUT2D eigenvalue weighted by molar-refractivity contribution is -0.161. The van der Waals surface area contributed by atoms with Gasteiger partial charge in [0.2, 0.25) is 0 Å². The van der Waals surface area contributed by atoms with Crippen LogP contribution in [-0.2, 0) is 65.4 Å². The molecular weight excluding hydrogens is 1330 g/mol. The first-order valence-corrected chi connectivity index (χ1v) is 42.1. The van der Waals surface area contributed by atoms with Crippen molar-refractivity contribution in [3.63, 3.8) is 0 Å². The molecule has 5 atom stereocenters. The highest BCUT2D eigenvalue weighted by atomic mass is 31.2. The number of phosphoric acid groups is 2. The minimum atomic E-state index is -5.00. The highest BCUT2D eigenvalue weighted by Crippen LogP contribution is 2.45. The average molecular weight is 1470 g/mol. The summed E-state index contributed by atoms with van der Waals surface area (Å²) in [7, 11) is -10.0. The van der Waals surface area contributed by atoms with Crippen molar-refractivity contribution in [2.24, 2.45) is 0 Å². The van der Waals surface area contributed by atoms with Crippen LogP contribution in [0.3, 0.4) is 0 Å². The number of phosphoric ester groups is 2. The topological polar surface area (TPSA) is 237 Å². The predicted molar refractivity (Wildman–Crippen MR) is 417 cm³/mol. The van der Waals surface area contributed by atoms with Gasteiger partial charge in [-0.3, -0.25) is 37.3 Å². The van der Waals surface area contributed by atoms with Crippen molar-refractivity contribution in [2.75, 3.05) is 39.6 Å². The van der Waals surface area contributed by atoms with Gasteiger partial charge in [-0.2, -0.15) is 0 Å². The molecule has 19 heteroatoms. The lowest BCUT2D eigenvalue weighted by Gasteiger charge is -2.21. The zero-order valence-electron chi connectivity index (χ0n) is 63.5. The lowest BCUT2D eigenvalue weighted by atomic mass is 10.0. The van der Waals surface area contributed by atoms with Crippen LogP contribution in [0.5, 0.6) is 0 Å². The molecule has 3 N–H and O–H groups in total. The maximum absolute atomic E-state index is 13.1. The summed E-state index contributed by atoms with van der Waals surface area (Å²) in [5.41, 5.74) is 0. The van der Waals surface area contributed by atoms with Gasteiger partial charge in [-0.1, -0.05) is 302 Å². The van der Waals surface area contributed by atoms with E-state index in [1.54, 1.807) is 6.08 Å². The molecular formula is C83H138O17P2. The van der Waals surface area contributed by atoms with Gasteiger partial charge in [0.25, 0.3) is 0 Å². The zero-order chi connectivity index (χ0) is 74.6. The van der Waals surface area contributed by atoms with Crippen molar-refractivity contribution in [3.8, 4) is 0 Å². The molecule has 0 rings (SSSR count). The second-order valence-corrected chi connectivity index (χ2v) is 28.5. The molecule has 0 bridgehead atoms. The van der Waals surface area contributed by atoms with Crippen LogP contribution in [0.25, 0.3) is 0 Å². The summed E-state index contributed by atoms with van der Waals surface area (Å²) in [6, 6.07) is 0. The Morgan fingerprint density at radius 2 is 0.569 bits per heavy atom. The second-order valence-electron chi connectivity index (χ2n) is 25.6. The van der Waals surface area contributed by atoms with Crippen molar-refractivity contribution < 1.29 is 80.2 Å². The van der Waals surface area contributed by atoms with Gasteiger partial charge in [0.05, 0.1) is 32.8 Å². The smallest absolute Gasteiger partial charge is 0.462 e. The van der Waals surface area contributed by atoms with E-state index in [4.69, 9.17) is 37.0 Å². The molecule has 0 fully saturated rings. The molecule has 0 aromatic heterocycles. The van der Waals surface area contributed by atoms with Crippen LogP contribution in [0.15, 0.2) is 146 Å². The Bertz CT molecular complexity index is 2510. The summed E-state index contributed by atoms with van der Waals surface area (Å²) in [5, 5.41) is 10.6. The van der Waals surface area contributed by atoms with Crippen LogP contribution in [0.1, 0.15) is 297 Å². The molecule has 0 aliphatic carbocycles. The Morgan fingerprint density at radius 1 is 0.294 bits per heavy atom. The van der Waals surface area contributed by atoms with Crippen LogP contribution >= 0.6 is 15.6 Å². The van der Waals surface area contributed by atoms with Crippen molar-refractivity contribution >= 4 is 39.5 Å². The van der Waals surface area contributed by atoms with Crippen molar-refractivity contribution in [2.45, 2.75) is 316 Å². The number of ether oxygens (including phenoxy) is 4. The summed E-state index contributed by atoms with van der Waals surface area (Å²) in [5.74, 6) is -2.43. The molecule has 0 aliphatic heterocycles. The standard InChI is InChI=1S/C83H138O17P2/c1-5-9-13-17-21-25-29-33-36-37-38-39-42-45-48-52-56-60-64-68-81(86)94-73-78(99-82(87)69-65-61-57-53-49-43-32-28-24-20-16-12-8-4)75-97-101(89,90)95-71-77(84)72-96-102(91,92)98-76-79(100-83(88)70-66-62-58-54-50-46-41-35-31-27-23-19-15-11-7-3)74-93-80(85)67-63-59-55-51-47-44-40-34-30-26-22-18-14-10-6-2/h9-10,13-14,21-22,25-26,28,32-34,36,38-40,45,47-48,51,56,59-60,63,77-79,84H,5-8,11-12,15-20,23-24,27,29-31,35,37,41-44,46,49-50,52-55,57-58,61-62,64-76H2,1-4H3,(H,89,90)(H,91,92)/b13-9-,14-10-,25-21-,26-22-,32-28-,36-33-,39-38-,40-34-,48-45-,51-47-,60-56-,63-59-. The van der Waals surface area contributed by atoms with Crippen LogP contribution in [0, 0.1) is 0 Å². The molecule has 0 amide bonds. The SMILES string of the molecule is CC/C=C\C/C=C\C/C=C\C/C=C\C/C=C\C/C=C\CCC(=O)OCC(COP(=O)(O)OCC(O)COP(=O)(O)OCC(COC(=O)C/C=C\C/C=C\C/C=C\C/C=C\C/C=C\CC)OC(=O)CCCCCCCCCCCCCCCCC)OC(=O)CCCCCCC/C=C\CCCCCC. The van der Waals surface area contributed by atoms with E-state index in [2.05, 4.69) is 131 Å². The summed E-state index contributed by atoms with van der Waals surface area (Å²) in [6.07, 6.45) is 84.5. The van der Waals surface area contributed by atoms with Gasteiger partial charge in [0.15, 0.2) is 12.2 Å². The van der Waals surface area contributed by atoms with E-state index in [1.807, 2.05) is 36.5 Å². The number of rotatable bonds is 72. The van der Waals surface area contributed by atoms with Gasteiger partial charge < -0.3 is 33.8 Å². The average Bonchev–Trinajstić information content (AvgIpc) is 0.908. The van der Waals surface area contributed by atoms with E-state index in [0.717, 1.165) is 122 Å². The Morgan fingerprint density at radius 3 is 0.922 bits per heavy atom. The summed E-state index contributed by atoms with van der Waals surface area (Å²) in [4.78, 5) is 72.8. The minimum Gasteiger partial charge on any atom is -0.462 e. The Labute approximate surface area is 617 Å². The van der Waals surface area contributed by atoms with Gasteiger partial charge in [0, 0.05) is 19.3 Å². The number of carbonyl (C=O) groups excluding carboxylic acids is 4. The van der Waals surface area contributed by atoms with E-state index in [0.29, 0.717) is 32.1 Å². The number of allylic oxidation sites excluding steroid dienone is 23. The zero-order valence-corrected chi connectivity index (χ0v) is 65.3. The molecule has 0 saturated carbocycles. The summed E-state index contributed by atoms with van der Waals surface area (Å²) < 4.78 is 68.3. The van der Waals surface area contributed by atoms with Gasteiger partial charge in [-0.15, -0.1) is 0 Å². The van der Waals surface area contributed by atoms with Crippen LogP contribution in [0.4, 0.5) is 0 Å². The highest BCUT2D eigenvalue weighted by Gasteiger charge is 2.30. The highest BCUT2D eigenvalue weighted by molar-refractivity contribution is 7.47. The maximum Gasteiger partial charge on any atom is 0.472 e.